The first kappa shape index (κ1) is 22.7. The summed E-state index contributed by atoms with van der Waals surface area (Å²) < 4.78 is 45.0. The molecule has 31 heavy (non-hydrogen) atoms. The van der Waals surface area contributed by atoms with Crippen molar-refractivity contribution in [3.05, 3.63) is 82.9 Å². The Morgan fingerprint density at radius 1 is 0.968 bits per heavy atom. The topological polar surface area (TPSA) is 29.1 Å². The van der Waals surface area contributed by atoms with Gasteiger partial charge in [-0.05, 0) is 79.3 Å². The summed E-state index contributed by atoms with van der Waals surface area (Å²) in [5.41, 5.74) is 3.54. The summed E-state index contributed by atoms with van der Waals surface area (Å²) in [5.74, 6) is 0.607. The van der Waals surface area contributed by atoms with Gasteiger partial charge in [-0.25, -0.2) is 0 Å². The molecule has 3 rings (SSSR count). The second-order valence-corrected chi connectivity index (χ2v) is 7.77. The Kier molecular flexibility index (Phi) is 6.94. The second-order valence-electron chi connectivity index (χ2n) is 7.77. The Labute approximate surface area is 181 Å². The number of unbranched alkanes of at least 4 members (excludes halogenated alkanes) is 1. The average Bonchev–Trinajstić information content (AvgIpc) is 2.73. The highest BCUT2D eigenvalue weighted by Crippen LogP contribution is 2.36. The van der Waals surface area contributed by atoms with E-state index >= 15 is 0 Å². The van der Waals surface area contributed by atoms with Gasteiger partial charge < -0.3 is 4.74 Å². The molecule has 0 N–H and O–H groups in total. The molecule has 0 saturated heterocycles. The third kappa shape index (κ3) is 5.40. The molecule has 1 unspecified atom stereocenters. The Bertz CT molecular complexity index is 1020. The SMILES string of the molecule is CCCCC(Oc1ccc([O])c(C)c1)c1cccc(-c2ccc(C(F)(F)F)cc2)c1C. The molecule has 0 aliphatic heterocycles. The van der Waals surface area contributed by atoms with E-state index in [1.54, 1.807) is 19.1 Å². The van der Waals surface area contributed by atoms with E-state index in [2.05, 4.69) is 6.92 Å². The number of hydrogen-bond acceptors (Lipinski definition) is 1. The predicted molar refractivity (Wildman–Crippen MR) is 116 cm³/mol. The number of rotatable bonds is 7. The van der Waals surface area contributed by atoms with Gasteiger partial charge in [-0.1, -0.05) is 43.7 Å². The lowest BCUT2D eigenvalue weighted by Crippen LogP contribution is -2.10. The molecule has 0 fully saturated rings. The van der Waals surface area contributed by atoms with E-state index in [1.807, 2.05) is 25.1 Å². The van der Waals surface area contributed by atoms with E-state index in [0.717, 1.165) is 53.6 Å². The van der Waals surface area contributed by atoms with Gasteiger partial charge in [0.25, 0.3) is 0 Å². The first-order valence-corrected chi connectivity index (χ1v) is 10.4. The van der Waals surface area contributed by atoms with Crippen LogP contribution in [0.15, 0.2) is 60.7 Å². The Hall–Kier alpha value is -2.95. The number of benzene rings is 3. The van der Waals surface area contributed by atoms with Gasteiger partial charge in [0.1, 0.15) is 11.9 Å². The molecule has 1 atom stereocenters. The van der Waals surface area contributed by atoms with Crippen LogP contribution in [0.2, 0.25) is 0 Å². The normalized spacial score (nSPS) is 12.6. The molecule has 0 aliphatic carbocycles. The van der Waals surface area contributed by atoms with Crippen LogP contribution >= 0.6 is 0 Å². The molecular formula is C26H26F3O2. The molecule has 2 nitrogen and oxygen atoms in total. The average molecular weight is 427 g/mol. The minimum absolute atomic E-state index is 0.0297. The quantitative estimate of drug-likeness (QED) is 0.372. The van der Waals surface area contributed by atoms with Crippen LogP contribution in [0, 0.1) is 13.8 Å². The number of aryl methyl sites for hydroxylation is 1. The molecule has 0 heterocycles. The van der Waals surface area contributed by atoms with E-state index < -0.39 is 11.7 Å². The van der Waals surface area contributed by atoms with Gasteiger partial charge in [-0.2, -0.15) is 13.2 Å². The van der Waals surface area contributed by atoms with E-state index in [4.69, 9.17) is 4.74 Å². The summed E-state index contributed by atoms with van der Waals surface area (Å²) in [6.07, 6.45) is -1.80. The van der Waals surface area contributed by atoms with Gasteiger partial charge in [0.2, 0.25) is 0 Å². The fourth-order valence-electron chi connectivity index (χ4n) is 3.68. The zero-order chi connectivity index (χ0) is 22.6. The Morgan fingerprint density at radius 2 is 1.68 bits per heavy atom. The molecule has 3 aromatic carbocycles. The highest BCUT2D eigenvalue weighted by Gasteiger charge is 2.30. The first-order chi connectivity index (χ1) is 14.7. The molecule has 0 spiro atoms. The van der Waals surface area contributed by atoms with Crippen molar-refractivity contribution in [2.75, 3.05) is 0 Å². The number of ether oxygens (including phenoxy) is 1. The lowest BCUT2D eigenvalue weighted by molar-refractivity contribution is -0.137. The van der Waals surface area contributed by atoms with Crippen LogP contribution < -0.4 is 4.74 Å². The fraction of sp³-hybridized carbons (Fsp3) is 0.308. The zero-order valence-corrected chi connectivity index (χ0v) is 17.9. The summed E-state index contributed by atoms with van der Waals surface area (Å²) in [6, 6.07) is 16.0. The van der Waals surface area contributed by atoms with Crippen LogP contribution in [0.3, 0.4) is 0 Å². The van der Waals surface area contributed by atoms with Crippen molar-refractivity contribution in [2.24, 2.45) is 0 Å². The summed E-state index contributed by atoms with van der Waals surface area (Å²) in [4.78, 5) is 0. The standard InChI is InChI=1S/C26H26F3O2/c1-4-5-9-25(31-21-14-15-24(30)17(2)16-21)23-8-6-7-22(18(23)3)19-10-12-20(13-11-19)26(27,28)29/h6-8,10-16,25H,4-5,9H2,1-3H3. The number of alkyl halides is 3. The first-order valence-electron chi connectivity index (χ1n) is 10.4. The minimum atomic E-state index is -4.35. The largest absolute Gasteiger partial charge is 0.486 e. The van der Waals surface area contributed by atoms with Crippen molar-refractivity contribution in [3.8, 4) is 22.6 Å². The van der Waals surface area contributed by atoms with Crippen LogP contribution in [0.5, 0.6) is 11.5 Å². The maximum atomic E-state index is 12.9. The van der Waals surface area contributed by atoms with Crippen molar-refractivity contribution in [1.29, 1.82) is 0 Å². The molecule has 1 radical (unpaired) electrons. The molecule has 0 bridgehead atoms. The van der Waals surface area contributed by atoms with Crippen LogP contribution in [0.25, 0.3) is 11.1 Å². The zero-order valence-electron chi connectivity index (χ0n) is 17.9. The molecule has 5 heteroatoms. The van der Waals surface area contributed by atoms with Crippen molar-refractivity contribution in [1.82, 2.24) is 0 Å². The summed E-state index contributed by atoms with van der Waals surface area (Å²) >= 11 is 0. The molecule has 163 valence electrons. The Morgan fingerprint density at radius 3 is 2.29 bits per heavy atom. The Balaban J connectivity index is 1.95. The van der Waals surface area contributed by atoms with E-state index in [1.165, 1.54) is 18.2 Å². The van der Waals surface area contributed by atoms with Gasteiger partial charge in [0, 0.05) is 5.56 Å². The maximum Gasteiger partial charge on any atom is 0.416 e. The van der Waals surface area contributed by atoms with Gasteiger partial charge in [0.15, 0.2) is 5.75 Å². The number of halogens is 3. The van der Waals surface area contributed by atoms with Crippen molar-refractivity contribution in [2.45, 2.75) is 52.3 Å². The van der Waals surface area contributed by atoms with E-state index in [0.29, 0.717) is 11.3 Å². The molecule has 0 saturated carbocycles. The van der Waals surface area contributed by atoms with Gasteiger partial charge >= 0.3 is 6.18 Å². The monoisotopic (exact) mass is 427 g/mol. The van der Waals surface area contributed by atoms with E-state index in [-0.39, 0.29) is 11.9 Å². The van der Waals surface area contributed by atoms with Crippen LogP contribution in [-0.4, -0.2) is 0 Å². The van der Waals surface area contributed by atoms with Crippen molar-refractivity contribution in [3.63, 3.8) is 0 Å². The lowest BCUT2D eigenvalue weighted by Gasteiger charge is -2.23. The molecular weight excluding hydrogens is 401 g/mol. The van der Waals surface area contributed by atoms with Crippen LogP contribution in [-0.2, 0) is 11.3 Å². The van der Waals surface area contributed by atoms with Crippen LogP contribution in [0.4, 0.5) is 13.2 Å². The lowest BCUT2D eigenvalue weighted by atomic mass is 9.91. The molecule has 0 amide bonds. The van der Waals surface area contributed by atoms with E-state index in [9.17, 15) is 18.3 Å². The summed E-state index contributed by atoms with van der Waals surface area (Å²) in [5, 5.41) is 11.7. The highest BCUT2D eigenvalue weighted by molar-refractivity contribution is 5.69. The van der Waals surface area contributed by atoms with Gasteiger partial charge in [0.05, 0.1) is 5.56 Å². The van der Waals surface area contributed by atoms with Gasteiger partial charge in [-0.15, -0.1) is 0 Å². The summed E-state index contributed by atoms with van der Waals surface area (Å²) in [7, 11) is 0. The predicted octanol–water partition coefficient (Wildman–Crippen LogP) is 8.44. The third-order valence-corrected chi connectivity index (χ3v) is 5.49. The fourth-order valence-corrected chi connectivity index (χ4v) is 3.68. The smallest absolute Gasteiger partial charge is 0.416 e. The van der Waals surface area contributed by atoms with Crippen molar-refractivity contribution >= 4 is 0 Å². The molecule has 0 aliphatic rings. The summed E-state index contributed by atoms with van der Waals surface area (Å²) in [6.45, 7) is 5.84. The third-order valence-electron chi connectivity index (χ3n) is 5.49. The second kappa shape index (κ2) is 9.46. The highest BCUT2D eigenvalue weighted by atomic mass is 19.4. The van der Waals surface area contributed by atoms with Gasteiger partial charge in [-0.3, -0.25) is 5.11 Å². The van der Waals surface area contributed by atoms with Crippen molar-refractivity contribution < 1.29 is 23.0 Å². The maximum absolute atomic E-state index is 12.9. The number of hydrogen-bond donors (Lipinski definition) is 0. The van der Waals surface area contributed by atoms with Crippen LogP contribution in [0.1, 0.15) is 54.5 Å². The molecule has 0 aromatic heterocycles. The molecule has 3 aromatic rings. The minimum Gasteiger partial charge on any atom is -0.486 e.